The summed E-state index contributed by atoms with van der Waals surface area (Å²) < 4.78 is 0. The summed E-state index contributed by atoms with van der Waals surface area (Å²) in [7, 11) is 0. The lowest BCUT2D eigenvalue weighted by Crippen LogP contribution is -1.75. The fourth-order valence-corrected chi connectivity index (χ4v) is 0.956. The normalized spacial score (nSPS) is 10.1. The summed E-state index contributed by atoms with van der Waals surface area (Å²) in [6.07, 6.45) is 4.25. The van der Waals surface area contributed by atoms with Crippen LogP contribution in [0.2, 0.25) is 0 Å². The predicted molar refractivity (Wildman–Crippen MR) is 54.1 cm³/mol. The van der Waals surface area contributed by atoms with Crippen molar-refractivity contribution in [1.82, 2.24) is 0 Å². The Bertz CT molecular complexity index is 296. The topological polar surface area (TPSA) is 36.1 Å². The lowest BCUT2D eigenvalue weighted by atomic mass is 10.2. The van der Waals surface area contributed by atoms with Gasteiger partial charge in [0.05, 0.1) is 11.8 Å². The Labute approximate surface area is 78.5 Å². The lowest BCUT2D eigenvalue weighted by molar-refractivity contribution is 0.912. The van der Waals surface area contributed by atoms with Crippen molar-refractivity contribution >= 4 is 11.9 Å². The van der Waals surface area contributed by atoms with Crippen LogP contribution in [0.15, 0.2) is 35.3 Å². The summed E-state index contributed by atoms with van der Waals surface area (Å²) in [6.45, 7) is 0. The van der Waals surface area contributed by atoms with Crippen molar-refractivity contribution in [3.8, 4) is 6.07 Å². The minimum Gasteiger partial charge on any atom is -0.261 e. The fraction of sp³-hybridized carbons (Fsp3) is 0.273. The molecule has 13 heavy (non-hydrogen) atoms. The molecule has 0 heterocycles. The highest BCUT2D eigenvalue weighted by Gasteiger charge is 1.84. The average molecular weight is 172 g/mol. The first-order valence-electron chi connectivity index (χ1n) is 4.38. The molecule has 0 amide bonds. The van der Waals surface area contributed by atoms with E-state index in [-0.39, 0.29) is 0 Å². The fourth-order valence-electron chi connectivity index (χ4n) is 0.956. The van der Waals surface area contributed by atoms with Gasteiger partial charge in [-0.3, -0.25) is 4.99 Å². The first kappa shape index (κ1) is 9.47. The van der Waals surface area contributed by atoms with E-state index in [0.29, 0.717) is 6.42 Å². The van der Waals surface area contributed by atoms with Gasteiger partial charge in [0, 0.05) is 12.6 Å². The highest BCUT2D eigenvalue weighted by Crippen LogP contribution is 2.08. The number of hydrogen-bond acceptors (Lipinski definition) is 2. The number of rotatable bonds is 4. The predicted octanol–water partition coefficient (Wildman–Crippen LogP) is 3.08. The SMILES string of the molecule is N#CCCC/C=N\c1ccccc1. The molecule has 0 aliphatic carbocycles. The van der Waals surface area contributed by atoms with Crippen LogP contribution in [-0.4, -0.2) is 6.21 Å². The van der Waals surface area contributed by atoms with E-state index in [0.717, 1.165) is 18.5 Å². The highest BCUT2D eigenvalue weighted by atomic mass is 14.7. The summed E-state index contributed by atoms with van der Waals surface area (Å²) >= 11 is 0. The number of para-hydroxylation sites is 1. The first-order valence-corrected chi connectivity index (χ1v) is 4.38. The molecule has 0 N–H and O–H groups in total. The Balaban J connectivity index is 2.29. The standard InChI is InChI=1S/C11H12N2/c12-9-5-2-6-10-13-11-7-3-1-4-8-11/h1,3-4,7-8,10H,2,5-6H2/b13-10-. The smallest absolute Gasteiger partial charge is 0.0625 e. The molecule has 2 heteroatoms. The van der Waals surface area contributed by atoms with Gasteiger partial charge in [0.25, 0.3) is 0 Å². The Morgan fingerprint density at radius 3 is 2.77 bits per heavy atom. The van der Waals surface area contributed by atoms with Crippen molar-refractivity contribution in [1.29, 1.82) is 5.26 Å². The Hall–Kier alpha value is -1.62. The van der Waals surface area contributed by atoms with E-state index < -0.39 is 0 Å². The molecule has 0 radical (unpaired) electrons. The van der Waals surface area contributed by atoms with E-state index in [1.165, 1.54) is 0 Å². The van der Waals surface area contributed by atoms with E-state index in [2.05, 4.69) is 11.1 Å². The van der Waals surface area contributed by atoms with Gasteiger partial charge in [-0.05, 0) is 25.0 Å². The third-order valence-electron chi connectivity index (χ3n) is 1.62. The molecule has 0 aliphatic rings. The van der Waals surface area contributed by atoms with Crippen LogP contribution < -0.4 is 0 Å². The van der Waals surface area contributed by atoms with E-state index in [1.54, 1.807) is 0 Å². The minimum atomic E-state index is 0.612. The number of benzene rings is 1. The molecule has 0 aromatic heterocycles. The maximum atomic E-state index is 8.29. The molecule has 0 fully saturated rings. The third-order valence-corrected chi connectivity index (χ3v) is 1.62. The van der Waals surface area contributed by atoms with E-state index >= 15 is 0 Å². The summed E-state index contributed by atoms with van der Waals surface area (Å²) in [4.78, 5) is 4.24. The van der Waals surface area contributed by atoms with Gasteiger partial charge in [0.2, 0.25) is 0 Å². The zero-order valence-corrected chi connectivity index (χ0v) is 7.48. The van der Waals surface area contributed by atoms with Crippen molar-refractivity contribution in [2.45, 2.75) is 19.3 Å². The van der Waals surface area contributed by atoms with Gasteiger partial charge < -0.3 is 0 Å². The Kier molecular flexibility index (Phi) is 4.34. The van der Waals surface area contributed by atoms with Crippen molar-refractivity contribution in [2.24, 2.45) is 4.99 Å². The van der Waals surface area contributed by atoms with Crippen molar-refractivity contribution < 1.29 is 0 Å². The maximum absolute atomic E-state index is 8.29. The zero-order valence-electron chi connectivity index (χ0n) is 7.48. The number of nitrogens with zero attached hydrogens (tertiary/aromatic N) is 2. The molecular weight excluding hydrogens is 160 g/mol. The van der Waals surface area contributed by atoms with Crippen LogP contribution in [0.25, 0.3) is 0 Å². The van der Waals surface area contributed by atoms with Crippen molar-refractivity contribution in [3.05, 3.63) is 30.3 Å². The summed E-state index contributed by atoms with van der Waals surface area (Å²) in [5.74, 6) is 0. The van der Waals surface area contributed by atoms with Gasteiger partial charge in [0.15, 0.2) is 0 Å². The minimum absolute atomic E-state index is 0.612. The van der Waals surface area contributed by atoms with Crippen LogP contribution in [0.5, 0.6) is 0 Å². The van der Waals surface area contributed by atoms with Gasteiger partial charge in [-0.1, -0.05) is 18.2 Å². The molecule has 0 aliphatic heterocycles. The van der Waals surface area contributed by atoms with Gasteiger partial charge >= 0.3 is 0 Å². The van der Waals surface area contributed by atoms with E-state index in [1.807, 2.05) is 36.5 Å². The molecule has 0 saturated heterocycles. The Morgan fingerprint density at radius 1 is 1.31 bits per heavy atom. The Morgan fingerprint density at radius 2 is 2.08 bits per heavy atom. The second-order valence-electron chi connectivity index (χ2n) is 2.70. The number of nitriles is 1. The van der Waals surface area contributed by atoms with Crippen LogP contribution in [0, 0.1) is 11.3 Å². The molecule has 0 atom stereocenters. The molecule has 1 aromatic rings. The van der Waals surface area contributed by atoms with Gasteiger partial charge in [-0.15, -0.1) is 0 Å². The number of aliphatic imine (C=N–C) groups is 1. The van der Waals surface area contributed by atoms with Gasteiger partial charge in [-0.2, -0.15) is 5.26 Å². The molecule has 66 valence electrons. The van der Waals surface area contributed by atoms with Crippen LogP contribution in [0.1, 0.15) is 19.3 Å². The largest absolute Gasteiger partial charge is 0.261 e. The maximum Gasteiger partial charge on any atom is 0.0625 e. The lowest BCUT2D eigenvalue weighted by Gasteiger charge is -1.90. The summed E-state index contributed by atoms with van der Waals surface area (Å²) in [5, 5.41) is 8.29. The quantitative estimate of drug-likeness (QED) is 0.507. The molecule has 0 bridgehead atoms. The van der Waals surface area contributed by atoms with Crippen molar-refractivity contribution in [3.63, 3.8) is 0 Å². The van der Waals surface area contributed by atoms with Crippen LogP contribution in [0.4, 0.5) is 5.69 Å². The molecule has 2 nitrogen and oxygen atoms in total. The van der Waals surface area contributed by atoms with Gasteiger partial charge in [-0.25, -0.2) is 0 Å². The van der Waals surface area contributed by atoms with Crippen molar-refractivity contribution in [2.75, 3.05) is 0 Å². The molecule has 0 spiro atoms. The van der Waals surface area contributed by atoms with Crippen LogP contribution >= 0.6 is 0 Å². The van der Waals surface area contributed by atoms with E-state index in [9.17, 15) is 0 Å². The van der Waals surface area contributed by atoms with Crippen LogP contribution in [-0.2, 0) is 0 Å². The zero-order chi connectivity index (χ0) is 9.36. The highest BCUT2D eigenvalue weighted by molar-refractivity contribution is 5.62. The molecule has 1 rings (SSSR count). The molecular formula is C11H12N2. The van der Waals surface area contributed by atoms with Crippen LogP contribution in [0.3, 0.4) is 0 Å². The van der Waals surface area contributed by atoms with E-state index in [4.69, 9.17) is 5.26 Å². The number of unbranched alkanes of at least 4 members (excludes halogenated alkanes) is 2. The number of hydrogen-bond donors (Lipinski definition) is 0. The molecule has 1 aromatic carbocycles. The average Bonchev–Trinajstić information content (AvgIpc) is 2.19. The molecule has 0 unspecified atom stereocenters. The summed E-state index contributed by atoms with van der Waals surface area (Å²) in [6, 6.07) is 11.9. The molecule has 0 saturated carbocycles. The summed E-state index contributed by atoms with van der Waals surface area (Å²) in [5.41, 5.74) is 0.972. The first-order chi connectivity index (χ1) is 6.43. The van der Waals surface area contributed by atoms with Gasteiger partial charge in [0.1, 0.15) is 0 Å². The second-order valence-corrected chi connectivity index (χ2v) is 2.70. The second kappa shape index (κ2) is 5.96. The third kappa shape index (κ3) is 4.07. The monoisotopic (exact) mass is 172 g/mol.